The molecule has 0 amide bonds. The van der Waals surface area contributed by atoms with Crippen molar-refractivity contribution in [3.63, 3.8) is 0 Å². The lowest BCUT2D eigenvalue weighted by atomic mass is 9.77. The third-order valence-electron chi connectivity index (χ3n) is 14.0. The second kappa shape index (κ2) is 24.0. The summed E-state index contributed by atoms with van der Waals surface area (Å²) in [4.78, 5) is 8.68. The van der Waals surface area contributed by atoms with Gasteiger partial charge in [-0.2, -0.15) is 0 Å². The van der Waals surface area contributed by atoms with E-state index >= 15 is 8.78 Å². The van der Waals surface area contributed by atoms with Crippen molar-refractivity contribution < 1.29 is 13.5 Å². The van der Waals surface area contributed by atoms with Gasteiger partial charge in [0.15, 0.2) is 5.83 Å². The predicted octanol–water partition coefficient (Wildman–Crippen LogP) is 17.0. The molecule has 61 heavy (non-hydrogen) atoms. The van der Waals surface area contributed by atoms with E-state index in [0.717, 1.165) is 79.4 Å². The predicted molar refractivity (Wildman–Crippen MR) is 263 cm³/mol. The number of aliphatic imine (C=N–C) groups is 1. The Bertz CT molecular complexity index is 1900. The number of nitrogens with zero attached hydrogens (tertiary/aromatic N) is 2. The number of fused-ring (bicyclic) bond motifs is 1. The van der Waals surface area contributed by atoms with Crippen LogP contribution in [0.15, 0.2) is 57.3 Å². The number of ether oxygens (including phenoxy) is 1. The number of rotatable bonds is 25. The fourth-order valence-electron chi connectivity index (χ4n) is 9.25. The summed E-state index contributed by atoms with van der Waals surface area (Å²) >= 11 is 8.85. The van der Waals surface area contributed by atoms with Gasteiger partial charge in [-0.15, -0.1) is 11.3 Å². The third kappa shape index (κ3) is 12.8. The molecule has 0 saturated carbocycles. The molecule has 1 aromatic heterocycles. The summed E-state index contributed by atoms with van der Waals surface area (Å²) in [5.41, 5.74) is 3.69. The Morgan fingerprint density at radius 1 is 1.00 bits per heavy atom. The Morgan fingerprint density at radius 3 is 2.28 bits per heavy atom. The molecule has 0 radical (unpaired) electrons. The molecule has 4 rings (SSSR count). The van der Waals surface area contributed by atoms with E-state index in [-0.39, 0.29) is 40.5 Å². The van der Waals surface area contributed by atoms with Crippen molar-refractivity contribution in [2.24, 2.45) is 28.2 Å². The Morgan fingerprint density at radius 2 is 1.69 bits per heavy atom. The SMILES string of the molecule is CC/C=C(/N=C1/C(F)=C(c2ccc(F)c3sc(C(C)C)c(C4CCN4)c23)C(Cl)=C/C1=C(/C)N(C)C(CCC(C)CC)C(C)CC)OCC(C)(CCCCCCC)CC(C)CC. The first-order chi connectivity index (χ1) is 29.1. The van der Waals surface area contributed by atoms with E-state index < -0.39 is 5.83 Å². The van der Waals surface area contributed by atoms with E-state index in [9.17, 15) is 0 Å². The number of thiophene rings is 1. The van der Waals surface area contributed by atoms with Crippen LogP contribution in [-0.2, 0) is 4.74 Å². The number of hydrogen-bond acceptors (Lipinski definition) is 5. The van der Waals surface area contributed by atoms with Crippen LogP contribution in [0.5, 0.6) is 0 Å². The summed E-state index contributed by atoms with van der Waals surface area (Å²) in [6.07, 6.45) is 19.3. The van der Waals surface area contributed by atoms with Crippen molar-refractivity contribution in [1.29, 1.82) is 0 Å². The minimum atomic E-state index is -0.503. The lowest BCUT2D eigenvalue weighted by Gasteiger charge is -2.37. The highest BCUT2D eigenvalue weighted by Crippen LogP contribution is 2.49. The molecule has 2 heterocycles. The standard InChI is InChI=1S/C53H82ClF2N3OS/c1-14-19-20-21-22-29-53(12,32-36(9)17-4)33-60-45(23-15-2)58-50-40(38(11)59(13)44(37(10)18-5)27-24-35(8)16-3)31-41(54)46(49(50)56)39-25-26-42(55)52-47(39)48(43-28-30-57-43)51(61-52)34(6)7/h23,25-26,31,34-37,43-44,57H,14-22,24,27-30,32-33H2,1-13H3/b40-38+,45-23-,58-50+. The molecule has 1 N–H and O–H groups in total. The van der Waals surface area contributed by atoms with Crippen LogP contribution in [0, 0.1) is 29.0 Å². The first kappa shape index (κ1) is 51.2. The minimum Gasteiger partial charge on any atom is -0.477 e. The van der Waals surface area contributed by atoms with Gasteiger partial charge < -0.3 is 15.0 Å². The fourth-order valence-corrected chi connectivity index (χ4v) is 10.8. The van der Waals surface area contributed by atoms with E-state index in [4.69, 9.17) is 21.3 Å². The highest BCUT2D eigenvalue weighted by Gasteiger charge is 2.35. The Balaban J connectivity index is 1.94. The molecule has 1 aromatic carbocycles. The molecular formula is C53H82ClF2N3OS. The monoisotopic (exact) mass is 882 g/mol. The molecule has 2 aromatic rings. The highest BCUT2D eigenvalue weighted by atomic mass is 35.5. The zero-order valence-electron chi connectivity index (χ0n) is 40.4. The van der Waals surface area contributed by atoms with Crippen LogP contribution >= 0.6 is 22.9 Å². The molecule has 6 atom stereocenters. The largest absolute Gasteiger partial charge is 0.477 e. The average molecular weight is 883 g/mol. The summed E-state index contributed by atoms with van der Waals surface area (Å²) in [5, 5.41) is 4.61. The zero-order chi connectivity index (χ0) is 45.0. The van der Waals surface area contributed by atoms with Crippen molar-refractivity contribution >= 4 is 44.3 Å². The highest BCUT2D eigenvalue weighted by molar-refractivity contribution is 7.19. The number of nitrogens with one attached hydrogen (secondary N) is 1. The maximum atomic E-state index is 18.2. The summed E-state index contributed by atoms with van der Waals surface area (Å²) in [6.45, 7) is 28.2. The molecule has 1 fully saturated rings. The fraction of sp³-hybridized carbons (Fsp3) is 0.679. The van der Waals surface area contributed by atoms with E-state index in [1.165, 1.54) is 49.5 Å². The number of benzene rings is 1. The zero-order valence-corrected chi connectivity index (χ0v) is 42.0. The van der Waals surface area contributed by atoms with Crippen molar-refractivity contribution in [2.45, 2.75) is 191 Å². The average Bonchev–Trinajstić information content (AvgIpc) is 3.61. The van der Waals surface area contributed by atoms with Crippen molar-refractivity contribution in [1.82, 2.24) is 10.2 Å². The van der Waals surface area contributed by atoms with Crippen molar-refractivity contribution in [2.75, 3.05) is 20.2 Å². The molecule has 1 saturated heterocycles. The van der Waals surface area contributed by atoms with Crippen molar-refractivity contribution in [3.8, 4) is 0 Å². The second-order valence-corrected chi connectivity index (χ2v) is 20.8. The van der Waals surface area contributed by atoms with Crippen LogP contribution in [0.2, 0.25) is 0 Å². The second-order valence-electron chi connectivity index (χ2n) is 19.4. The molecular weight excluding hydrogens is 800 g/mol. The molecule has 0 bridgehead atoms. The van der Waals surface area contributed by atoms with Crippen LogP contribution in [0.1, 0.15) is 201 Å². The van der Waals surface area contributed by atoms with Gasteiger partial charge in [-0.3, -0.25) is 0 Å². The van der Waals surface area contributed by atoms with Gasteiger partial charge in [0.25, 0.3) is 0 Å². The van der Waals surface area contributed by atoms with Gasteiger partial charge in [0.05, 0.1) is 16.3 Å². The van der Waals surface area contributed by atoms with Gasteiger partial charge in [0.1, 0.15) is 11.5 Å². The first-order valence-electron chi connectivity index (χ1n) is 24.2. The maximum Gasteiger partial charge on any atom is 0.209 e. The van der Waals surface area contributed by atoms with Gasteiger partial charge in [-0.1, -0.05) is 145 Å². The van der Waals surface area contributed by atoms with Crippen LogP contribution in [0.4, 0.5) is 8.78 Å². The maximum absolute atomic E-state index is 18.2. The number of halogens is 3. The molecule has 6 unspecified atom stereocenters. The summed E-state index contributed by atoms with van der Waals surface area (Å²) in [7, 11) is 2.15. The molecule has 0 spiro atoms. The summed E-state index contributed by atoms with van der Waals surface area (Å²) in [5.74, 6) is 1.44. The summed E-state index contributed by atoms with van der Waals surface area (Å²) in [6, 6.07) is 3.53. The van der Waals surface area contributed by atoms with Gasteiger partial charge in [0, 0.05) is 51.7 Å². The molecule has 4 nitrogen and oxygen atoms in total. The van der Waals surface area contributed by atoms with Crippen LogP contribution in [0.3, 0.4) is 0 Å². The Kier molecular flexibility index (Phi) is 20.1. The van der Waals surface area contributed by atoms with E-state index in [1.807, 2.05) is 12.2 Å². The number of allylic oxidation sites excluding steroid dienone is 7. The van der Waals surface area contributed by atoms with Gasteiger partial charge in [-0.25, -0.2) is 13.8 Å². The van der Waals surface area contributed by atoms with Crippen molar-refractivity contribution in [3.05, 3.63) is 74.1 Å². The van der Waals surface area contributed by atoms with E-state index in [2.05, 4.69) is 100 Å². The van der Waals surface area contributed by atoms with E-state index in [0.29, 0.717) is 57.5 Å². The Hall–Kier alpha value is -2.48. The molecule has 1 aliphatic heterocycles. The van der Waals surface area contributed by atoms with Crippen LogP contribution in [-0.4, -0.2) is 36.9 Å². The molecule has 1 aliphatic carbocycles. The van der Waals surface area contributed by atoms with Gasteiger partial charge in [-0.05, 0) is 105 Å². The Labute approximate surface area is 379 Å². The third-order valence-corrected chi connectivity index (χ3v) is 15.8. The quantitative estimate of drug-likeness (QED) is 0.0797. The molecule has 342 valence electrons. The topological polar surface area (TPSA) is 36.9 Å². The minimum absolute atomic E-state index is 0.0450. The van der Waals surface area contributed by atoms with Crippen LogP contribution < -0.4 is 5.32 Å². The molecule has 2 aliphatic rings. The van der Waals surface area contributed by atoms with Crippen LogP contribution in [0.25, 0.3) is 15.7 Å². The van der Waals surface area contributed by atoms with Gasteiger partial charge in [0.2, 0.25) is 5.88 Å². The normalized spacial score (nSPS) is 20.7. The molecule has 8 heteroatoms. The summed E-state index contributed by atoms with van der Waals surface area (Å²) < 4.78 is 41.4. The first-order valence-corrected chi connectivity index (χ1v) is 25.4. The smallest absolute Gasteiger partial charge is 0.209 e. The number of hydrogen-bond donors (Lipinski definition) is 1. The van der Waals surface area contributed by atoms with E-state index in [1.54, 1.807) is 6.07 Å². The number of unbranched alkanes of at least 4 members (excludes halogenated alkanes) is 4. The lowest BCUT2D eigenvalue weighted by Crippen LogP contribution is -2.37. The van der Waals surface area contributed by atoms with Gasteiger partial charge >= 0.3 is 0 Å². The lowest BCUT2D eigenvalue weighted by molar-refractivity contribution is 0.0713.